The normalized spacial score (nSPS) is 12.2. The minimum absolute atomic E-state index is 0.154. The van der Waals surface area contributed by atoms with Gasteiger partial charge in [0.05, 0.1) is 22.5 Å². The molecule has 0 bridgehead atoms. The van der Waals surface area contributed by atoms with Crippen molar-refractivity contribution < 1.29 is 9.59 Å². The summed E-state index contributed by atoms with van der Waals surface area (Å²) in [5, 5.41) is 6.71. The molecule has 0 fully saturated rings. The van der Waals surface area contributed by atoms with Crippen LogP contribution >= 0.6 is 0 Å². The van der Waals surface area contributed by atoms with E-state index in [-0.39, 0.29) is 11.6 Å². The van der Waals surface area contributed by atoms with Gasteiger partial charge in [0.1, 0.15) is 0 Å². The summed E-state index contributed by atoms with van der Waals surface area (Å²) >= 11 is 0. The molecule has 4 aromatic rings. The van der Waals surface area contributed by atoms with Crippen LogP contribution in [0.3, 0.4) is 0 Å². The Morgan fingerprint density at radius 1 is 0.531 bits per heavy atom. The molecule has 0 saturated carbocycles. The Bertz CT molecular complexity index is 1350. The number of hydrogen-bond acceptors (Lipinski definition) is 4. The molecule has 1 aliphatic carbocycles. The van der Waals surface area contributed by atoms with Crippen molar-refractivity contribution in [1.82, 2.24) is 0 Å². The largest absolute Gasteiger partial charge is 0.355 e. The third-order valence-electron chi connectivity index (χ3n) is 5.63. The Balaban J connectivity index is 1.68. The van der Waals surface area contributed by atoms with E-state index in [9.17, 15) is 9.59 Å². The zero-order valence-electron chi connectivity index (χ0n) is 17.9. The molecule has 32 heavy (non-hydrogen) atoms. The Kier molecular flexibility index (Phi) is 4.83. The van der Waals surface area contributed by atoms with E-state index in [4.69, 9.17) is 0 Å². The molecule has 156 valence electrons. The van der Waals surface area contributed by atoms with Gasteiger partial charge in [-0.1, -0.05) is 48.5 Å². The van der Waals surface area contributed by atoms with E-state index >= 15 is 0 Å². The highest BCUT2D eigenvalue weighted by Crippen LogP contribution is 2.38. The van der Waals surface area contributed by atoms with Crippen LogP contribution in [0.5, 0.6) is 0 Å². The SMILES string of the molecule is Cc1cc(C)cc(Nc2ccc(Nc3ccccc3)c3c2C(=O)c2ccccc2C3=O)c1. The first-order chi connectivity index (χ1) is 15.5. The number of anilines is 4. The minimum atomic E-state index is -0.155. The predicted octanol–water partition coefficient (Wildman–Crippen LogP) is 6.57. The van der Waals surface area contributed by atoms with E-state index in [1.54, 1.807) is 24.3 Å². The number of rotatable bonds is 4. The first kappa shape index (κ1) is 19.8. The van der Waals surface area contributed by atoms with Crippen molar-refractivity contribution in [3.63, 3.8) is 0 Å². The van der Waals surface area contributed by atoms with Gasteiger partial charge in [0.2, 0.25) is 0 Å². The maximum atomic E-state index is 13.6. The summed E-state index contributed by atoms with van der Waals surface area (Å²) in [4.78, 5) is 27.1. The van der Waals surface area contributed by atoms with E-state index in [2.05, 4.69) is 16.7 Å². The van der Waals surface area contributed by atoms with Gasteiger partial charge >= 0.3 is 0 Å². The molecule has 4 nitrogen and oxygen atoms in total. The summed E-state index contributed by atoms with van der Waals surface area (Å²) in [6, 6.07) is 26.5. The van der Waals surface area contributed by atoms with E-state index in [0.717, 1.165) is 22.5 Å². The minimum Gasteiger partial charge on any atom is -0.355 e. The molecule has 2 N–H and O–H groups in total. The smallest absolute Gasteiger partial charge is 0.196 e. The molecule has 0 spiro atoms. The van der Waals surface area contributed by atoms with Gasteiger partial charge in [0, 0.05) is 22.5 Å². The van der Waals surface area contributed by atoms with Crippen LogP contribution in [0.25, 0.3) is 0 Å². The van der Waals surface area contributed by atoms with Crippen molar-refractivity contribution >= 4 is 34.3 Å². The van der Waals surface area contributed by atoms with Crippen LogP contribution < -0.4 is 10.6 Å². The highest BCUT2D eigenvalue weighted by Gasteiger charge is 2.34. The van der Waals surface area contributed by atoms with Crippen molar-refractivity contribution in [2.45, 2.75) is 13.8 Å². The summed E-state index contributed by atoms with van der Waals surface area (Å²) in [6.07, 6.45) is 0. The number of carbonyl (C=O) groups excluding carboxylic acids is 2. The zero-order valence-corrected chi connectivity index (χ0v) is 17.9. The van der Waals surface area contributed by atoms with Gasteiger partial charge in [-0.2, -0.15) is 0 Å². The second-order valence-electron chi connectivity index (χ2n) is 8.11. The van der Waals surface area contributed by atoms with Gasteiger partial charge in [-0.15, -0.1) is 0 Å². The molecule has 0 atom stereocenters. The monoisotopic (exact) mass is 418 g/mol. The second-order valence-corrected chi connectivity index (χ2v) is 8.11. The average Bonchev–Trinajstić information content (AvgIpc) is 2.78. The molecule has 0 aliphatic heterocycles. The van der Waals surface area contributed by atoms with E-state index in [1.807, 2.05) is 68.4 Å². The lowest BCUT2D eigenvalue weighted by Crippen LogP contribution is -2.23. The Hall–Kier alpha value is -4.18. The quantitative estimate of drug-likeness (QED) is 0.347. The van der Waals surface area contributed by atoms with Crippen LogP contribution in [-0.4, -0.2) is 11.6 Å². The second kappa shape index (κ2) is 7.82. The molecule has 4 aromatic carbocycles. The third kappa shape index (κ3) is 3.46. The van der Waals surface area contributed by atoms with Gasteiger partial charge < -0.3 is 10.6 Å². The predicted molar refractivity (Wildman–Crippen MR) is 129 cm³/mol. The number of ketones is 2. The maximum absolute atomic E-state index is 13.6. The van der Waals surface area contributed by atoms with E-state index < -0.39 is 0 Å². The van der Waals surface area contributed by atoms with Crippen molar-refractivity contribution in [2.24, 2.45) is 0 Å². The molecule has 5 rings (SSSR count). The first-order valence-electron chi connectivity index (χ1n) is 10.5. The van der Waals surface area contributed by atoms with E-state index in [0.29, 0.717) is 33.6 Å². The van der Waals surface area contributed by atoms with Crippen molar-refractivity contribution in [3.05, 3.63) is 118 Å². The average molecular weight is 418 g/mol. The summed E-state index contributed by atoms with van der Waals surface area (Å²) in [6.45, 7) is 4.07. The third-order valence-corrected chi connectivity index (χ3v) is 5.63. The van der Waals surface area contributed by atoms with Gasteiger partial charge in [0.25, 0.3) is 0 Å². The van der Waals surface area contributed by atoms with Crippen LogP contribution in [0.15, 0.2) is 84.9 Å². The molecule has 0 unspecified atom stereocenters. The molecule has 0 radical (unpaired) electrons. The van der Waals surface area contributed by atoms with Crippen LogP contribution in [0.4, 0.5) is 22.7 Å². The number of carbonyl (C=O) groups is 2. The van der Waals surface area contributed by atoms with Crippen molar-refractivity contribution in [3.8, 4) is 0 Å². The molecule has 0 heterocycles. The van der Waals surface area contributed by atoms with E-state index in [1.165, 1.54) is 0 Å². The van der Waals surface area contributed by atoms with Crippen molar-refractivity contribution in [1.29, 1.82) is 0 Å². The maximum Gasteiger partial charge on any atom is 0.196 e. The summed E-state index contributed by atoms with van der Waals surface area (Å²) in [5.41, 5.74) is 6.88. The zero-order chi connectivity index (χ0) is 22.2. The lowest BCUT2D eigenvalue weighted by atomic mass is 9.82. The highest BCUT2D eigenvalue weighted by atomic mass is 16.1. The highest BCUT2D eigenvalue weighted by molar-refractivity contribution is 6.32. The Morgan fingerprint density at radius 3 is 1.53 bits per heavy atom. The molecule has 4 heteroatoms. The molecular formula is C28H22N2O2. The number of nitrogens with one attached hydrogen (secondary N) is 2. The number of hydrogen-bond donors (Lipinski definition) is 2. The summed E-state index contributed by atoms with van der Waals surface area (Å²) < 4.78 is 0. The van der Waals surface area contributed by atoms with Crippen LogP contribution in [0.2, 0.25) is 0 Å². The fourth-order valence-electron chi connectivity index (χ4n) is 4.31. The summed E-state index contributed by atoms with van der Waals surface area (Å²) in [5.74, 6) is -0.309. The van der Waals surface area contributed by atoms with Crippen LogP contribution in [0.1, 0.15) is 43.0 Å². The van der Waals surface area contributed by atoms with Crippen molar-refractivity contribution in [2.75, 3.05) is 10.6 Å². The van der Waals surface area contributed by atoms with Gasteiger partial charge in [-0.3, -0.25) is 9.59 Å². The topological polar surface area (TPSA) is 58.2 Å². The first-order valence-corrected chi connectivity index (χ1v) is 10.5. The number of fused-ring (bicyclic) bond motifs is 2. The van der Waals surface area contributed by atoms with Gasteiger partial charge in [-0.05, 0) is 61.4 Å². The van der Waals surface area contributed by atoms with Crippen LogP contribution in [0, 0.1) is 13.8 Å². The molecule has 0 aromatic heterocycles. The molecular weight excluding hydrogens is 396 g/mol. The Morgan fingerprint density at radius 2 is 1.00 bits per heavy atom. The molecule has 0 saturated heterocycles. The van der Waals surface area contributed by atoms with Gasteiger partial charge in [-0.25, -0.2) is 0 Å². The molecule has 1 aliphatic rings. The lowest BCUT2D eigenvalue weighted by molar-refractivity contribution is 0.0980. The van der Waals surface area contributed by atoms with Gasteiger partial charge in [0.15, 0.2) is 11.6 Å². The molecule has 0 amide bonds. The Labute approximate surface area is 186 Å². The standard InChI is InChI=1S/C28H22N2O2/c1-17-14-18(2)16-20(15-17)30-24-13-12-23(29-19-8-4-3-5-9-19)25-26(24)28(32)22-11-7-6-10-21(22)27(25)31/h3-16,29-30H,1-2H3. The summed E-state index contributed by atoms with van der Waals surface area (Å²) in [7, 11) is 0. The fraction of sp³-hybridized carbons (Fsp3) is 0.0714. The fourth-order valence-corrected chi connectivity index (χ4v) is 4.31. The number of aryl methyl sites for hydroxylation is 2. The lowest BCUT2D eigenvalue weighted by Gasteiger charge is -2.24. The van der Waals surface area contributed by atoms with Crippen LogP contribution in [-0.2, 0) is 0 Å². The number of para-hydroxylation sites is 1. The number of benzene rings is 4.